The van der Waals surface area contributed by atoms with E-state index in [1.54, 1.807) is 6.33 Å². The van der Waals surface area contributed by atoms with Crippen LogP contribution >= 0.6 is 11.6 Å². The van der Waals surface area contributed by atoms with Crippen LogP contribution in [0.5, 0.6) is 0 Å². The van der Waals surface area contributed by atoms with Gasteiger partial charge < -0.3 is 45.5 Å². The van der Waals surface area contributed by atoms with Gasteiger partial charge in [0.05, 0.1) is 29.7 Å². The van der Waals surface area contributed by atoms with Crippen molar-refractivity contribution in [1.82, 2.24) is 35.4 Å². The van der Waals surface area contributed by atoms with Crippen LogP contribution in [0.2, 0.25) is 5.02 Å². The monoisotopic (exact) mass is 847 g/mol. The molecule has 0 radical (unpaired) electrons. The summed E-state index contributed by atoms with van der Waals surface area (Å²) in [6.45, 7) is 10.7. The van der Waals surface area contributed by atoms with E-state index in [2.05, 4.69) is 35.4 Å². The van der Waals surface area contributed by atoms with Crippen LogP contribution in [0, 0.1) is 5.92 Å². The lowest BCUT2D eigenvalue weighted by Gasteiger charge is -2.42. The van der Waals surface area contributed by atoms with Gasteiger partial charge in [-0.25, -0.2) is 14.8 Å². The third-order valence-corrected chi connectivity index (χ3v) is 13.3. The highest BCUT2D eigenvalue weighted by Gasteiger charge is 2.45. The molecule has 2 aromatic heterocycles. The number of piperidine rings is 3. The Morgan fingerprint density at radius 2 is 1.58 bits per heavy atom. The van der Waals surface area contributed by atoms with Gasteiger partial charge in [-0.15, -0.1) is 0 Å². The van der Waals surface area contributed by atoms with E-state index in [4.69, 9.17) is 26.8 Å². The first kappa shape index (κ1) is 44.1. The number of amides is 3. The Morgan fingerprint density at radius 1 is 0.917 bits per heavy atom. The number of rotatable bonds is 13. The lowest BCUT2D eigenvalue weighted by Crippen LogP contribution is -2.64. The number of likely N-dealkylation sites (tertiary alicyclic amines) is 2. The number of nitrogens with two attached hydrogens (primary N) is 1. The van der Waals surface area contributed by atoms with Crippen LogP contribution in [0.25, 0.3) is 11.0 Å². The molecule has 2 atom stereocenters. The van der Waals surface area contributed by atoms with Crippen molar-refractivity contribution in [3.63, 3.8) is 0 Å². The molecule has 60 heavy (non-hydrogen) atoms. The summed E-state index contributed by atoms with van der Waals surface area (Å²) in [5, 5.41) is 7.92. The van der Waals surface area contributed by atoms with Crippen molar-refractivity contribution in [2.75, 3.05) is 50.7 Å². The molecule has 0 spiro atoms. The van der Waals surface area contributed by atoms with Gasteiger partial charge in [0.2, 0.25) is 11.8 Å². The molecule has 5 N–H and O–H groups in total. The zero-order valence-electron chi connectivity index (χ0n) is 35.8. The summed E-state index contributed by atoms with van der Waals surface area (Å²) < 4.78 is 12.3. The molecule has 328 valence electrons. The fraction of sp³-hybridized carbons (Fsp3) is 0.667. The largest absolute Gasteiger partial charge is 0.444 e. The summed E-state index contributed by atoms with van der Waals surface area (Å²) in [5.74, 6) is 1.02. The van der Waals surface area contributed by atoms with E-state index in [1.807, 2.05) is 62.2 Å². The molecular weight excluding hydrogens is 782 g/mol. The number of nitrogens with zero attached hydrogens (tertiary/aromatic N) is 5. The molecule has 4 fully saturated rings. The minimum atomic E-state index is -1.19. The molecule has 3 aliphatic heterocycles. The Hall–Kier alpha value is -3.98. The van der Waals surface area contributed by atoms with E-state index in [9.17, 15) is 14.4 Å². The predicted molar refractivity (Wildman–Crippen MR) is 234 cm³/mol. The van der Waals surface area contributed by atoms with Crippen LogP contribution in [0.15, 0.2) is 42.9 Å². The van der Waals surface area contributed by atoms with Gasteiger partial charge in [0, 0.05) is 50.5 Å². The van der Waals surface area contributed by atoms with E-state index in [1.165, 1.54) is 19.3 Å². The molecule has 7 rings (SSSR count). The molecule has 1 saturated carbocycles. The maximum Gasteiger partial charge on any atom is 0.408 e. The normalized spacial score (nSPS) is 21.1. The summed E-state index contributed by atoms with van der Waals surface area (Å²) >= 11 is 6.30. The van der Waals surface area contributed by atoms with Gasteiger partial charge in [-0.1, -0.05) is 43.0 Å². The van der Waals surface area contributed by atoms with Crippen molar-refractivity contribution >= 4 is 46.4 Å². The number of hydrogen-bond acceptors (Lipinski definition) is 10. The number of carbonyl (C=O) groups is 3. The third kappa shape index (κ3) is 11.3. The van der Waals surface area contributed by atoms with E-state index < -0.39 is 17.2 Å². The van der Waals surface area contributed by atoms with Gasteiger partial charge in [-0.3, -0.25) is 9.59 Å². The van der Waals surface area contributed by atoms with Crippen LogP contribution < -0.4 is 21.3 Å². The molecule has 0 bridgehead atoms. The van der Waals surface area contributed by atoms with Crippen molar-refractivity contribution in [3.8, 4) is 0 Å². The minimum absolute atomic E-state index is 0.127. The van der Waals surface area contributed by atoms with Crippen molar-refractivity contribution in [2.24, 2.45) is 11.7 Å². The van der Waals surface area contributed by atoms with E-state index >= 15 is 0 Å². The Kier molecular flexibility index (Phi) is 14.6. The molecule has 5 heterocycles. The van der Waals surface area contributed by atoms with Gasteiger partial charge in [0.1, 0.15) is 28.9 Å². The summed E-state index contributed by atoms with van der Waals surface area (Å²) in [6, 6.07) is 8.94. The Balaban J connectivity index is 0.917. The topological polar surface area (TPSA) is 171 Å². The molecule has 15 heteroatoms. The number of alkyl carbamates (subject to hydrolysis) is 1. The number of fused-ring (bicyclic) bond motifs is 1. The highest BCUT2D eigenvalue weighted by atomic mass is 35.5. The smallest absolute Gasteiger partial charge is 0.408 e. The van der Waals surface area contributed by atoms with Crippen molar-refractivity contribution in [3.05, 3.63) is 53.4 Å². The number of H-pyrrole nitrogens is 1. The molecule has 4 aliphatic rings. The Morgan fingerprint density at radius 3 is 2.25 bits per heavy atom. The molecule has 3 aromatic rings. The molecule has 3 saturated heterocycles. The molecular formula is C45H66ClN9O5. The number of carbonyl (C=O) groups excluding carboxylic acids is 3. The van der Waals surface area contributed by atoms with E-state index in [-0.39, 0.29) is 36.1 Å². The lowest BCUT2D eigenvalue weighted by molar-refractivity contribution is -0.138. The van der Waals surface area contributed by atoms with Gasteiger partial charge in [0.15, 0.2) is 0 Å². The van der Waals surface area contributed by atoms with Crippen LogP contribution in [-0.4, -0.2) is 118 Å². The van der Waals surface area contributed by atoms with Crippen LogP contribution in [-0.2, 0) is 19.1 Å². The Bertz CT molecular complexity index is 1870. The number of halogens is 1. The van der Waals surface area contributed by atoms with Crippen molar-refractivity contribution in [2.45, 2.75) is 140 Å². The molecule has 0 unspecified atom stereocenters. The van der Waals surface area contributed by atoms with Crippen LogP contribution in [0.4, 0.5) is 10.6 Å². The molecule has 14 nitrogen and oxygen atoms in total. The number of anilines is 1. The standard InChI is InChI=1S/C45H66ClN9O5/c1-44(2,3)60-43(58)52-45(20-28-54(29-21-45)40-36-15-22-48-39(36)49-30-50-40)42(57)51-37(31-11-13-33(46)14-12-31)10-7-23-53-24-16-34(17-25-53)59-35-18-26-55(27-19-35)41(56)38(47)32-8-5-4-6-9-32/h11-15,22,30,32,34-35,37-38H,4-10,16-21,23-29,47H2,1-3H3,(H,51,57)(H,52,58)(H,48,49,50)/t37-,38+/m0/s1. The zero-order valence-corrected chi connectivity index (χ0v) is 36.6. The SMILES string of the molecule is CC(C)(C)OC(=O)NC1(C(=O)N[C@@H](CCCN2CCC(OC3CCN(C(=O)[C@H](N)C4CCCCC4)CC3)CC2)c2ccc(Cl)cc2)CCN(c2ncnc3[nH]ccc23)CC1. The first-order valence-corrected chi connectivity index (χ1v) is 22.8. The first-order chi connectivity index (χ1) is 28.9. The molecule has 1 aromatic carbocycles. The lowest BCUT2D eigenvalue weighted by atomic mass is 9.83. The number of nitrogens with one attached hydrogen (secondary N) is 3. The first-order valence-electron chi connectivity index (χ1n) is 22.4. The average molecular weight is 849 g/mol. The summed E-state index contributed by atoms with van der Waals surface area (Å²) in [7, 11) is 0. The van der Waals surface area contributed by atoms with Gasteiger partial charge in [-0.2, -0.15) is 0 Å². The molecule has 3 amide bonds. The second kappa shape index (κ2) is 19.8. The average Bonchev–Trinajstić information content (AvgIpc) is 3.73. The van der Waals surface area contributed by atoms with Crippen LogP contribution in [0.3, 0.4) is 0 Å². The maximum absolute atomic E-state index is 14.6. The van der Waals surface area contributed by atoms with Crippen molar-refractivity contribution < 1.29 is 23.9 Å². The quantitative estimate of drug-likeness (QED) is 0.149. The maximum atomic E-state index is 14.6. The van der Waals surface area contributed by atoms with E-state index in [0.717, 1.165) is 100 Å². The fourth-order valence-electron chi connectivity index (χ4n) is 9.61. The summed E-state index contributed by atoms with van der Waals surface area (Å²) in [6.07, 6.45) is 15.0. The van der Waals surface area contributed by atoms with Gasteiger partial charge >= 0.3 is 6.09 Å². The summed E-state index contributed by atoms with van der Waals surface area (Å²) in [5.41, 5.74) is 6.25. The Labute approximate surface area is 360 Å². The molecule has 1 aliphatic carbocycles. The third-order valence-electron chi connectivity index (χ3n) is 13.1. The highest BCUT2D eigenvalue weighted by molar-refractivity contribution is 6.30. The summed E-state index contributed by atoms with van der Waals surface area (Å²) in [4.78, 5) is 59.7. The second-order valence-corrected chi connectivity index (χ2v) is 18.9. The number of aromatic nitrogens is 3. The van der Waals surface area contributed by atoms with Crippen molar-refractivity contribution in [1.29, 1.82) is 0 Å². The minimum Gasteiger partial charge on any atom is -0.444 e. The fourth-order valence-corrected chi connectivity index (χ4v) is 9.74. The van der Waals surface area contributed by atoms with Gasteiger partial charge in [0.25, 0.3) is 0 Å². The van der Waals surface area contributed by atoms with Gasteiger partial charge in [-0.05, 0) is 121 Å². The number of ether oxygens (including phenoxy) is 2. The van der Waals surface area contributed by atoms with Crippen LogP contribution in [0.1, 0.15) is 116 Å². The highest BCUT2D eigenvalue weighted by Crippen LogP contribution is 2.32. The number of benzene rings is 1. The number of aromatic amines is 1. The zero-order chi connectivity index (χ0) is 42.3. The number of hydrogen-bond donors (Lipinski definition) is 4. The van der Waals surface area contributed by atoms with E-state index in [0.29, 0.717) is 43.3 Å². The predicted octanol–water partition coefficient (Wildman–Crippen LogP) is 6.49. The second-order valence-electron chi connectivity index (χ2n) is 18.5.